The van der Waals surface area contributed by atoms with Crippen molar-refractivity contribution in [2.75, 3.05) is 17.2 Å². The minimum absolute atomic E-state index is 0.0956. The standard InChI is InChI=1S/C25H26N2O3/c1-17(2)22-11-7-8-18(3)24(22)27-23(28)16-30-21-14-12-20(13-15-21)26-25(29)19-9-5-4-6-10-19/h4-15,17H,16H2,1-3H3,(H,26,29)(H,27,28). The van der Waals surface area contributed by atoms with Crippen molar-refractivity contribution in [1.82, 2.24) is 0 Å². The molecular formula is C25H26N2O3. The number of rotatable bonds is 7. The van der Waals surface area contributed by atoms with E-state index in [-0.39, 0.29) is 18.4 Å². The van der Waals surface area contributed by atoms with Crippen molar-refractivity contribution in [3.63, 3.8) is 0 Å². The van der Waals surface area contributed by atoms with Crippen LogP contribution in [0.4, 0.5) is 11.4 Å². The number of hydrogen-bond donors (Lipinski definition) is 2. The Morgan fingerprint density at radius 3 is 2.23 bits per heavy atom. The molecule has 30 heavy (non-hydrogen) atoms. The Labute approximate surface area is 177 Å². The van der Waals surface area contributed by atoms with E-state index < -0.39 is 0 Å². The summed E-state index contributed by atoms with van der Waals surface area (Å²) in [5.74, 6) is 0.465. The third-order valence-corrected chi connectivity index (χ3v) is 4.71. The SMILES string of the molecule is Cc1cccc(C(C)C)c1NC(=O)COc1ccc(NC(=O)c2ccccc2)cc1. The van der Waals surface area contributed by atoms with E-state index in [1.165, 1.54) is 0 Å². The van der Waals surface area contributed by atoms with Crippen LogP contribution in [0, 0.1) is 6.92 Å². The molecule has 0 fully saturated rings. The zero-order valence-corrected chi connectivity index (χ0v) is 17.4. The molecule has 3 aromatic carbocycles. The summed E-state index contributed by atoms with van der Waals surface area (Å²) in [5.41, 5.74) is 4.21. The highest BCUT2D eigenvalue weighted by Crippen LogP contribution is 2.27. The number of amides is 2. The van der Waals surface area contributed by atoms with Gasteiger partial charge in [-0.25, -0.2) is 0 Å². The normalized spacial score (nSPS) is 10.5. The van der Waals surface area contributed by atoms with Gasteiger partial charge in [-0.05, 0) is 60.4 Å². The number of ether oxygens (including phenoxy) is 1. The molecule has 0 spiro atoms. The number of anilines is 2. The summed E-state index contributed by atoms with van der Waals surface area (Å²) < 4.78 is 5.60. The molecule has 3 rings (SSSR count). The average Bonchev–Trinajstić information content (AvgIpc) is 2.75. The molecule has 2 amide bonds. The van der Waals surface area contributed by atoms with Crippen LogP contribution in [0.15, 0.2) is 72.8 Å². The molecule has 5 nitrogen and oxygen atoms in total. The van der Waals surface area contributed by atoms with E-state index in [0.717, 1.165) is 16.8 Å². The van der Waals surface area contributed by atoms with E-state index in [9.17, 15) is 9.59 Å². The van der Waals surface area contributed by atoms with Crippen molar-refractivity contribution >= 4 is 23.2 Å². The molecule has 0 bridgehead atoms. The number of carbonyl (C=O) groups excluding carboxylic acids is 2. The average molecular weight is 402 g/mol. The fourth-order valence-electron chi connectivity index (χ4n) is 3.09. The predicted octanol–water partition coefficient (Wildman–Crippen LogP) is 5.39. The molecule has 0 atom stereocenters. The van der Waals surface area contributed by atoms with Crippen molar-refractivity contribution in [3.8, 4) is 5.75 Å². The summed E-state index contributed by atoms with van der Waals surface area (Å²) in [5, 5.41) is 5.80. The summed E-state index contributed by atoms with van der Waals surface area (Å²) >= 11 is 0. The van der Waals surface area contributed by atoms with Gasteiger partial charge in [0.05, 0.1) is 0 Å². The summed E-state index contributed by atoms with van der Waals surface area (Å²) in [6, 6.07) is 21.9. The van der Waals surface area contributed by atoms with Crippen molar-refractivity contribution in [2.45, 2.75) is 26.7 Å². The fraction of sp³-hybridized carbons (Fsp3) is 0.200. The van der Waals surface area contributed by atoms with Gasteiger partial charge in [-0.3, -0.25) is 9.59 Å². The number of benzene rings is 3. The lowest BCUT2D eigenvalue weighted by atomic mass is 9.98. The lowest BCUT2D eigenvalue weighted by molar-refractivity contribution is -0.118. The van der Waals surface area contributed by atoms with Crippen LogP contribution in [0.1, 0.15) is 41.3 Å². The Morgan fingerprint density at radius 1 is 0.867 bits per heavy atom. The van der Waals surface area contributed by atoms with Gasteiger partial charge in [0.1, 0.15) is 5.75 Å². The molecule has 154 valence electrons. The van der Waals surface area contributed by atoms with Gasteiger partial charge in [0.25, 0.3) is 11.8 Å². The molecule has 0 radical (unpaired) electrons. The Morgan fingerprint density at radius 2 is 1.57 bits per heavy atom. The van der Waals surface area contributed by atoms with E-state index in [1.54, 1.807) is 36.4 Å². The van der Waals surface area contributed by atoms with Crippen LogP contribution in [0.2, 0.25) is 0 Å². The minimum atomic E-state index is -0.215. The van der Waals surface area contributed by atoms with Gasteiger partial charge in [0, 0.05) is 16.9 Å². The smallest absolute Gasteiger partial charge is 0.262 e. The van der Waals surface area contributed by atoms with Crippen LogP contribution in [0.3, 0.4) is 0 Å². The zero-order valence-electron chi connectivity index (χ0n) is 17.4. The molecule has 0 saturated carbocycles. The third-order valence-electron chi connectivity index (χ3n) is 4.71. The molecule has 0 aliphatic heterocycles. The van der Waals surface area contributed by atoms with Crippen LogP contribution < -0.4 is 15.4 Å². The topological polar surface area (TPSA) is 67.4 Å². The molecule has 5 heteroatoms. The van der Waals surface area contributed by atoms with E-state index in [4.69, 9.17) is 4.74 Å². The number of nitrogens with one attached hydrogen (secondary N) is 2. The highest BCUT2D eigenvalue weighted by atomic mass is 16.5. The van der Waals surface area contributed by atoms with Crippen LogP contribution in [-0.4, -0.2) is 18.4 Å². The summed E-state index contributed by atoms with van der Waals surface area (Å²) in [6.07, 6.45) is 0. The van der Waals surface area contributed by atoms with Gasteiger partial charge in [0.15, 0.2) is 6.61 Å². The highest BCUT2D eigenvalue weighted by molar-refractivity contribution is 6.04. The molecule has 0 aliphatic rings. The molecule has 0 saturated heterocycles. The zero-order chi connectivity index (χ0) is 21.5. The molecular weight excluding hydrogens is 376 g/mol. The number of para-hydroxylation sites is 1. The fourth-order valence-corrected chi connectivity index (χ4v) is 3.09. The lowest BCUT2D eigenvalue weighted by Crippen LogP contribution is -2.21. The second kappa shape index (κ2) is 9.74. The van der Waals surface area contributed by atoms with Crippen LogP contribution in [0.5, 0.6) is 5.75 Å². The van der Waals surface area contributed by atoms with Crippen molar-refractivity contribution in [3.05, 3.63) is 89.5 Å². The van der Waals surface area contributed by atoms with Crippen LogP contribution in [-0.2, 0) is 4.79 Å². The van der Waals surface area contributed by atoms with Crippen LogP contribution >= 0.6 is 0 Å². The first kappa shape index (κ1) is 21.1. The number of carbonyl (C=O) groups is 2. The molecule has 0 aliphatic carbocycles. The summed E-state index contributed by atoms with van der Waals surface area (Å²) in [4.78, 5) is 24.6. The second-order valence-electron chi connectivity index (χ2n) is 7.38. The van der Waals surface area contributed by atoms with E-state index in [0.29, 0.717) is 22.9 Å². The molecule has 0 aromatic heterocycles. The van der Waals surface area contributed by atoms with E-state index in [1.807, 2.05) is 43.3 Å². The monoisotopic (exact) mass is 402 g/mol. The quantitative estimate of drug-likeness (QED) is 0.557. The number of aryl methyl sites for hydroxylation is 1. The van der Waals surface area contributed by atoms with Crippen LogP contribution in [0.25, 0.3) is 0 Å². The maximum atomic E-state index is 12.4. The molecule has 2 N–H and O–H groups in total. The van der Waals surface area contributed by atoms with E-state index >= 15 is 0 Å². The highest BCUT2D eigenvalue weighted by Gasteiger charge is 2.12. The minimum Gasteiger partial charge on any atom is -0.484 e. The maximum absolute atomic E-state index is 12.4. The first-order valence-electron chi connectivity index (χ1n) is 9.92. The van der Waals surface area contributed by atoms with E-state index in [2.05, 4.69) is 24.5 Å². The first-order chi connectivity index (χ1) is 14.4. The summed E-state index contributed by atoms with van der Waals surface area (Å²) in [7, 11) is 0. The number of hydrogen-bond acceptors (Lipinski definition) is 3. The second-order valence-corrected chi connectivity index (χ2v) is 7.38. The lowest BCUT2D eigenvalue weighted by Gasteiger charge is -2.16. The van der Waals surface area contributed by atoms with Gasteiger partial charge in [0.2, 0.25) is 0 Å². The summed E-state index contributed by atoms with van der Waals surface area (Å²) in [6.45, 7) is 6.07. The van der Waals surface area contributed by atoms with Gasteiger partial charge < -0.3 is 15.4 Å². The van der Waals surface area contributed by atoms with Gasteiger partial charge in [-0.15, -0.1) is 0 Å². The molecule has 0 heterocycles. The maximum Gasteiger partial charge on any atom is 0.262 e. The van der Waals surface area contributed by atoms with Gasteiger partial charge in [-0.1, -0.05) is 50.2 Å². The Balaban J connectivity index is 1.55. The van der Waals surface area contributed by atoms with Crippen molar-refractivity contribution in [2.24, 2.45) is 0 Å². The third kappa shape index (κ3) is 5.47. The molecule has 3 aromatic rings. The van der Waals surface area contributed by atoms with Gasteiger partial charge >= 0.3 is 0 Å². The Bertz CT molecular complexity index is 1010. The first-order valence-corrected chi connectivity index (χ1v) is 9.92. The van der Waals surface area contributed by atoms with Crippen molar-refractivity contribution < 1.29 is 14.3 Å². The predicted molar refractivity (Wildman–Crippen MR) is 120 cm³/mol. The van der Waals surface area contributed by atoms with Crippen molar-refractivity contribution in [1.29, 1.82) is 0 Å². The van der Waals surface area contributed by atoms with Gasteiger partial charge in [-0.2, -0.15) is 0 Å². The molecule has 0 unspecified atom stereocenters. The Kier molecular flexibility index (Phi) is 6.86. The Hall–Kier alpha value is -3.60. The largest absolute Gasteiger partial charge is 0.484 e.